The van der Waals surface area contributed by atoms with E-state index in [1.165, 1.54) is 40.7 Å². The fourth-order valence-electron chi connectivity index (χ4n) is 4.69. The summed E-state index contributed by atoms with van der Waals surface area (Å²) < 4.78 is 27.3. The lowest BCUT2D eigenvalue weighted by Crippen LogP contribution is -2.51. The normalized spacial score (nSPS) is 17.1. The molecule has 1 amide bonds. The summed E-state index contributed by atoms with van der Waals surface area (Å²) in [6.45, 7) is 2.56. The van der Waals surface area contributed by atoms with E-state index >= 15 is 0 Å². The van der Waals surface area contributed by atoms with Crippen molar-refractivity contribution in [3.8, 4) is 0 Å². The predicted molar refractivity (Wildman–Crippen MR) is 145 cm³/mol. The molecule has 200 valence electrons. The lowest BCUT2D eigenvalue weighted by atomic mass is 10.1. The standard InChI is InChI=1S/C25H28N6O5S2/c32-23(28-13-15-30(16-14-28)38(35,36)20-8-6-7-19(17-20)31(33)34)18-37-25-24(29-11-4-1-5-12-29)26-21-9-2-3-10-22(21)27-25/h2-3,6-10,17H,1,4-5,11-16,18H2. The van der Waals surface area contributed by atoms with Gasteiger partial charge in [-0.15, -0.1) is 0 Å². The van der Waals surface area contributed by atoms with Crippen LogP contribution in [0.2, 0.25) is 0 Å². The number of anilines is 1. The Hall–Kier alpha value is -3.29. The highest BCUT2D eigenvalue weighted by molar-refractivity contribution is 8.00. The van der Waals surface area contributed by atoms with Gasteiger partial charge in [-0.2, -0.15) is 4.31 Å². The molecule has 0 radical (unpaired) electrons. The van der Waals surface area contributed by atoms with Crippen molar-refractivity contribution in [3.63, 3.8) is 0 Å². The van der Waals surface area contributed by atoms with Crippen LogP contribution in [0.4, 0.5) is 11.5 Å². The van der Waals surface area contributed by atoms with E-state index in [1.807, 2.05) is 24.3 Å². The molecule has 0 N–H and O–H groups in total. The Morgan fingerprint density at radius 3 is 2.29 bits per heavy atom. The number of non-ortho nitro benzene ring substituents is 1. The third-order valence-corrected chi connectivity index (χ3v) is 9.60. The van der Waals surface area contributed by atoms with Gasteiger partial charge in [-0.05, 0) is 37.5 Å². The maximum absolute atomic E-state index is 13.1. The number of piperidine rings is 1. The minimum atomic E-state index is -3.90. The number of hydrogen-bond donors (Lipinski definition) is 0. The molecule has 11 nitrogen and oxygen atoms in total. The third-order valence-electron chi connectivity index (χ3n) is 6.77. The Morgan fingerprint density at radius 1 is 0.921 bits per heavy atom. The van der Waals surface area contributed by atoms with Crippen molar-refractivity contribution in [1.29, 1.82) is 0 Å². The summed E-state index contributed by atoms with van der Waals surface area (Å²) in [6.07, 6.45) is 3.39. The van der Waals surface area contributed by atoms with Gasteiger partial charge >= 0.3 is 0 Å². The summed E-state index contributed by atoms with van der Waals surface area (Å²) in [4.78, 5) is 37.0. The van der Waals surface area contributed by atoms with E-state index in [9.17, 15) is 23.3 Å². The van der Waals surface area contributed by atoms with E-state index in [0.29, 0.717) is 0 Å². The zero-order valence-electron chi connectivity index (χ0n) is 20.7. The summed E-state index contributed by atoms with van der Waals surface area (Å²) in [5, 5.41) is 11.8. The van der Waals surface area contributed by atoms with Crippen LogP contribution in [-0.2, 0) is 14.8 Å². The summed E-state index contributed by atoms with van der Waals surface area (Å²) in [5.41, 5.74) is 1.32. The number of sulfonamides is 1. The fraction of sp³-hybridized carbons (Fsp3) is 0.400. The number of carbonyl (C=O) groups is 1. The SMILES string of the molecule is O=C(CSc1nc2ccccc2nc1N1CCCCC1)N1CCN(S(=O)(=O)c2cccc([N+](=O)[O-])c2)CC1. The van der Waals surface area contributed by atoms with Gasteiger partial charge in [0, 0.05) is 51.4 Å². The van der Waals surface area contributed by atoms with E-state index in [1.54, 1.807) is 4.90 Å². The smallest absolute Gasteiger partial charge is 0.270 e. The molecule has 2 aromatic carbocycles. The number of nitro groups is 1. The highest BCUT2D eigenvalue weighted by Gasteiger charge is 2.31. The van der Waals surface area contributed by atoms with E-state index in [-0.39, 0.29) is 48.4 Å². The summed E-state index contributed by atoms with van der Waals surface area (Å²) in [7, 11) is -3.90. The molecule has 38 heavy (non-hydrogen) atoms. The van der Waals surface area contributed by atoms with Crippen LogP contribution in [0.15, 0.2) is 58.5 Å². The van der Waals surface area contributed by atoms with Crippen LogP contribution in [0.3, 0.4) is 0 Å². The van der Waals surface area contributed by atoms with Gasteiger partial charge in [0.05, 0.1) is 26.6 Å². The number of fused-ring (bicyclic) bond motifs is 1. The van der Waals surface area contributed by atoms with E-state index < -0.39 is 14.9 Å². The average Bonchev–Trinajstić information content (AvgIpc) is 2.96. The molecule has 5 rings (SSSR count). The number of aromatic nitrogens is 2. The Kier molecular flexibility index (Phi) is 7.77. The number of hydrogen-bond acceptors (Lipinski definition) is 9. The van der Waals surface area contributed by atoms with Crippen molar-refractivity contribution in [1.82, 2.24) is 19.2 Å². The van der Waals surface area contributed by atoms with Gasteiger partial charge in [-0.1, -0.05) is 30.0 Å². The predicted octanol–water partition coefficient (Wildman–Crippen LogP) is 3.15. The topological polar surface area (TPSA) is 130 Å². The van der Waals surface area contributed by atoms with Crippen LogP contribution in [0.5, 0.6) is 0 Å². The van der Waals surface area contributed by atoms with E-state index in [0.717, 1.165) is 53.9 Å². The Bertz CT molecular complexity index is 1450. The molecule has 0 unspecified atom stereocenters. The molecule has 0 saturated carbocycles. The molecule has 0 bridgehead atoms. The molecule has 3 heterocycles. The molecule has 0 atom stereocenters. The maximum atomic E-state index is 13.1. The first-order valence-electron chi connectivity index (χ1n) is 12.5. The minimum absolute atomic E-state index is 0.0954. The molecule has 0 spiro atoms. The molecule has 2 saturated heterocycles. The summed E-state index contributed by atoms with van der Waals surface area (Å²) in [5.74, 6) is 0.891. The fourth-order valence-corrected chi connectivity index (χ4v) is 7.06. The number of benzene rings is 2. The lowest BCUT2D eigenvalue weighted by molar-refractivity contribution is -0.385. The average molecular weight is 557 g/mol. The Morgan fingerprint density at radius 2 is 1.61 bits per heavy atom. The number of rotatable bonds is 7. The van der Waals surface area contributed by atoms with Crippen LogP contribution < -0.4 is 4.90 Å². The van der Waals surface area contributed by atoms with Crippen molar-refractivity contribution in [2.45, 2.75) is 29.2 Å². The van der Waals surface area contributed by atoms with Crippen LogP contribution in [-0.4, -0.2) is 83.4 Å². The maximum Gasteiger partial charge on any atom is 0.270 e. The molecule has 0 aliphatic carbocycles. The van der Waals surface area contributed by atoms with Crippen molar-refractivity contribution in [2.24, 2.45) is 0 Å². The molecule has 2 fully saturated rings. The molecule has 13 heteroatoms. The van der Waals surface area contributed by atoms with Gasteiger partial charge in [0.25, 0.3) is 5.69 Å². The van der Waals surface area contributed by atoms with Crippen molar-refractivity contribution in [2.75, 3.05) is 49.9 Å². The highest BCUT2D eigenvalue weighted by atomic mass is 32.2. The van der Waals surface area contributed by atoms with E-state index in [4.69, 9.17) is 9.97 Å². The third kappa shape index (κ3) is 5.59. The Balaban J connectivity index is 1.24. The first-order valence-corrected chi connectivity index (χ1v) is 14.9. The van der Waals surface area contributed by atoms with Gasteiger partial charge in [0.1, 0.15) is 5.03 Å². The van der Waals surface area contributed by atoms with Gasteiger partial charge in [-0.25, -0.2) is 18.4 Å². The molecular weight excluding hydrogens is 528 g/mol. The second kappa shape index (κ2) is 11.2. The van der Waals surface area contributed by atoms with Gasteiger partial charge in [0.2, 0.25) is 15.9 Å². The lowest BCUT2D eigenvalue weighted by Gasteiger charge is -2.34. The second-order valence-electron chi connectivity index (χ2n) is 9.22. The number of thioether (sulfide) groups is 1. The summed E-state index contributed by atoms with van der Waals surface area (Å²) >= 11 is 1.36. The number of carbonyl (C=O) groups excluding carboxylic acids is 1. The first-order chi connectivity index (χ1) is 18.3. The number of nitro benzene ring substituents is 1. The van der Waals surface area contributed by atoms with Crippen LogP contribution in [0.1, 0.15) is 19.3 Å². The number of nitrogens with zero attached hydrogens (tertiary/aromatic N) is 6. The summed E-state index contributed by atoms with van der Waals surface area (Å²) in [6, 6.07) is 12.7. The Labute approximate surface area is 225 Å². The number of para-hydroxylation sites is 2. The van der Waals surface area contributed by atoms with Gasteiger partial charge in [-0.3, -0.25) is 14.9 Å². The molecule has 2 aliphatic heterocycles. The van der Waals surface area contributed by atoms with Crippen molar-refractivity contribution >= 4 is 50.2 Å². The number of piperazine rings is 1. The van der Waals surface area contributed by atoms with Crippen molar-refractivity contribution in [3.05, 3.63) is 58.6 Å². The zero-order valence-corrected chi connectivity index (χ0v) is 22.4. The minimum Gasteiger partial charge on any atom is -0.354 e. The largest absolute Gasteiger partial charge is 0.354 e. The van der Waals surface area contributed by atoms with Gasteiger partial charge < -0.3 is 9.80 Å². The molecular formula is C25H28N6O5S2. The quantitative estimate of drug-likeness (QED) is 0.245. The molecule has 3 aromatic rings. The molecule has 2 aliphatic rings. The van der Waals surface area contributed by atoms with Gasteiger partial charge in [0.15, 0.2) is 5.82 Å². The highest BCUT2D eigenvalue weighted by Crippen LogP contribution is 2.31. The molecule has 1 aromatic heterocycles. The van der Waals surface area contributed by atoms with Crippen LogP contribution >= 0.6 is 11.8 Å². The van der Waals surface area contributed by atoms with Crippen LogP contribution in [0, 0.1) is 10.1 Å². The zero-order chi connectivity index (χ0) is 26.7. The van der Waals surface area contributed by atoms with Crippen molar-refractivity contribution < 1.29 is 18.1 Å². The second-order valence-corrected chi connectivity index (χ2v) is 12.1. The van der Waals surface area contributed by atoms with E-state index in [2.05, 4.69) is 4.90 Å². The first kappa shape index (κ1) is 26.3. The number of amides is 1. The van der Waals surface area contributed by atoms with Crippen LogP contribution in [0.25, 0.3) is 11.0 Å². The monoisotopic (exact) mass is 556 g/mol.